The van der Waals surface area contributed by atoms with Crippen LogP contribution in [-0.2, 0) is 0 Å². The van der Waals surface area contributed by atoms with Gasteiger partial charge in [-0.25, -0.2) is 14.5 Å². The van der Waals surface area contributed by atoms with Crippen LogP contribution in [0.15, 0.2) is 123 Å². The van der Waals surface area contributed by atoms with Crippen molar-refractivity contribution in [1.29, 1.82) is 0 Å². The summed E-state index contributed by atoms with van der Waals surface area (Å²) < 4.78 is 12.8. The highest BCUT2D eigenvalue weighted by atomic mass is 15.2. The molecule has 12 aromatic rings. The molecule has 10 nitrogen and oxygen atoms in total. The monoisotopic (exact) mass is 1330 g/mol. The van der Waals surface area contributed by atoms with Gasteiger partial charge in [-0.3, -0.25) is 4.98 Å². The van der Waals surface area contributed by atoms with Gasteiger partial charge in [0, 0.05) is 90.3 Å². The lowest BCUT2D eigenvalue weighted by Crippen LogP contribution is -1.94. The van der Waals surface area contributed by atoms with E-state index >= 15 is 0 Å². The molecule has 0 unspecified atom stereocenters. The van der Waals surface area contributed by atoms with E-state index in [1.54, 1.807) is 0 Å². The lowest BCUT2D eigenvalue weighted by atomic mass is 10.1. The molecule has 10 heteroatoms. The van der Waals surface area contributed by atoms with E-state index in [0.717, 1.165) is 11.3 Å². The highest BCUT2D eigenvalue weighted by molar-refractivity contribution is 5.65. The van der Waals surface area contributed by atoms with Crippen LogP contribution in [0.25, 0.3) is 33.2 Å². The normalized spacial score (nSPS) is 8.56. The van der Waals surface area contributed by atoms with Crippen molar-refractivity contribution in [3.63, 3.8) is 0 Å². The Labute approximate surface area is 597 Å². The Balaban J connectivity index is -0.0000000834. The molecule has 0 aliphatic rings. The van der Waals surface area contributed by atoms with Crippen molar-refractivity contribution in [2.45, 2.75) is 297 Å². The first-order valence-electron chi connectivity index (χ1n) is 30.9. The first-order chi connectivity index (χ1) is 40.2. The highest BCUT2D eigenvalue weighted by Gasteiger charge is 2.09. The largest absolute Gasteiger partial charge is 0.323 e. The van der Waals surface area contributed by atoms with Gasteiger partial charge in [0.25, 0.3) is 0 Å². The molecule has 0 saturated heterocycles. The van der Waals surface area contributed by atoms with Crippen LogP contribution in [0, 0.1) is 125 Å². The summed E-state index contributed by atoms with van der Waals surface area (Å²) in [7, 11) is 0. The summed E-state index contributed by atoms with van der Waals surface area (Å²) in [6.45, 7) is 62.3. The van der Waals surface area contributed by atoms with Gasteiger partial charge in [-0.2, -0.15) is 5.10 Å². The fourth-order valence-electron chi connectivity index (χ4n) is 9.78. The van der Waals surface area contributed by atoms with Gasteiger partial charge in [-0.15, -0.1) is 0 Å². The summed E-state index contributed by atoms with van der Waals surface area (Å²) in [4.78, 5) is 12.7. The van der Waals surface area contributed by atoms with Crippen molar-refractivity contribution in [1.82, 2.24) is 46.6 Å². The minimum Gasteiger partial charge on any atom is -0.323 e. The molecule has 0 N–H and O–H groups in total. The topological polar surface area (TPSA) is 78.0 Å². The SMILES string of the molecule is C.C.C.C.C.C.C.C.C.C.C.C.CC.CC.CC.CC.CC.CC.Cc1cc2cccc(C)n2c1C.Cc1cc2nccc(C)n2c1C.Cc1cn2cccc(C)c2c1C.Cc1cn2ccnc(C)c2c1C.Cc1cn2cncc(C)c2c1C.Cc1cn2nccc(C)c2c1C. The van der Waals surface area contributed by atoms with E-state index in [0.29, 0.717) is 0 Å². The summed E-state index contributed by atoms with van der Waals surface area (Å²) in [5.41, 5.74) is 31.0. The van der Waals surface area contributed by atoms with E-state index in [4.69, 9.17) is 0 Å². The molecule has 552 valence electrons. The third kappa shape index (κ3) is 28.5. The minimum atomic E-state index is 0. The van der Waals surface area contributed by atoms with Crippen LogP contribution in [0.4, 0.5) is 0 Å². The second-order valence-electron chi connectivity index (χ2n) is 19.6. The average Bonchev–Trinajstić information content (AvgIpc) is 1.73. The summed E-state index contributed by atoms with van der Waals surface area (Å²) in [5, 5.41) is 4.24. The number of pyridine rings is 2. The maximum atomic E-state index is 4.29. The number of hydrogen-bond acceptors (Lipinski definition) is 4. The fourth-order valence-corrected chi connectivity index (χ4v) is 9.78. The Hall–Kier alpha value is -7.72. The highest BCUT2D eigenvalue weighted by Crippen LogP contribution is 2.23. The molecule has 0 aliphatic heterocycles. The fraction of sp³-hybridized carbons (Fsp3) is 0.488. The van der Waals surface area contributed by atoms with Gasteiger partial charge in [-0.05, 0) is 239 Å². The van der Waals surface area contributed by atoms with E-state index in [1.165, 1.54) is 123 Å². The molecule has 96 heavy (non-hydrogen) atoms. The van der Waals surface area contributed by atoms with Crippen LogP contribution in [0.2, 0.25) is 0 Å². The van der Waals surface area contributed by atoms with E-state index in [9.17, 15) is 0 Å². The summed E-state index contributed by atoms with van der Waals surface area (Å²) in [6, 6.07) is 19.0. The lowest BCUT2D eigenvalue weighted by Gasteiger charge is -2.02. The van der Waals surface area contributed by atoms with E-state index in [1.807, 2.05) is 144 Å². The summed E-state index contributed by atoms with van der Waals surface area (Å²) in [5.74, 6) is 0. The van der Waals surface area contributed by atoms with Gasteiger partial charge >= 0.3 is 0 Å². The van der Waals surface area contributed by atoms with Crippen LogP contribution in [0.5, 0.6) is 0 Å². The Bertz CT molecular complexity index is 3210. The first kappa shape index (κ1) is 116. The Morgan fingerprint density at radius 2 is 0.729 bits per heavy atom. The van der Waals surface area contributed by atoms with Crippen LogP contribution in [-0.4, -0.2) is 46.6 Å². The molecule has 0 bridgehead atoms. The molecule has 0 atom stereocenters. The van der Waals surface area contributed by atoms with Crippen molar-refractivity contribution >= 4 is 33.2 Å². The number of nitrogens with zero attached hydrogens (tertiary/aromatic N) is 10. The Kier molecular flexibility index (Phi) is 69.3. The molecular weight excluding hydrogens is 1170 g/mol. The quantitative estimate of drug-likeness (QED) is 0.152. The Morgan fingerprint density at radius 3 is 1.19 bits per heavy atom. The van der Waals surface area contributed by atoms with Crippen molar-refractivity contribution in [2.75, 3.05) is 0 Å². The molecule has 0 spiro atoms. The van der Waals surface area contributed by atoms with Gasteiger partial charge in [-0.1, -0.05) is 184 Å². The van der Waals surface area contributed by atoms with Gasteiger partial charge in [0.05, 0.1) is 34.1 Å². The molecule has 12 rings (SSSR count). The van der Waals surface area contributed by atoms with E-state index in [-0.39, 0.29) is 89.1 Å². The predicted molar refractivity (Wildman–Crippen MR) is 450 cm³/mol. The predicted octanol–water partition coefficient (Wildman–Crippen LogP) is 28.6. The zero-order valence-electron chi connectivity index (χ0n) is 58.0. The molecule has 0 radical (unpaired) electrons. The number of aromatic nitrogens is 10. The van der Waals surface area contributed by atoms with Crippen molar-refractivity contribution in [3.05, 3.63) is 224 Å². The van der Waals surface area contributed by atoms with Crippen molar-refractivity contribution in [2.24, 2.45) is 0 Å². The molecule has 0 saturated carbocycles. The van der Waals surface area contributed by atoms with Gasteiger partial charge in [0.15, 0.2) is 0 Å². The zero-order chi connectivity index (χ0) is 64.3. The molecule has 12 heterocycles. The molecule has 0 amide bonds. The number of hydrogen-bond donors (Lipinski definition) is 0. The number of aryl methyl sites for hydroxylation is 18. The van der Waals surface area contributed by atoms with Crippen molar-refractivity contribution in [3.8, 4) is 0 Å². The minimum absolute atomic E-state index is 0. The van der Waals surface area contributed by atoms with Crippen molar-refractivity contribution < 1.29 is 0 Å². The van der Waals surface area contributed by atoms with Crippen LogP contribution in [0.3, 0.4) is 0 Å². The molecule has 0 aliphatic carbocycles. The molecule has 12 aromatic heterocycles. The third-order valence-electron chi connectivity index (χ3n) is 14.5. The maximum Gasteiger partial charge on any atom is 0.137 e. The molecule has 0 aromatic carbocycles. The second kappa shape index (κ2) is 57.5. The standard InChI is InChI=1S/2C11H13N.4C10H12N2.6C2H6.12CH4/c1-8-7-11-6-4-5-9(2)12(11)10(8)3;1-8-5-4-6-12-7-9(2)10(3)11(8)12;1-7-4-11-6-12-5-8(2)9(3)10(7)12;1-7-6-12-5-4-11-9(3)10(12)8(7)2;1-7-6-10-11-5-4-8(2)12(10)9(7)3;1-7-4-5-11-12-6-8(2)9(3)10(7)12;6*1-2;;;;;;;;;;;;/h2*4-7H,1-3H3;4*4-6H,1-3H3;6*1-2H3;12*1H4. The van der Waals surface area contributed by atoms with E-state index in [2.05, 4.69) is 233 Å². The van der Waals surface area contributed by atoms with Gasteiger partial charge in [0.2, 0.25) is 0 Å². The summed E-state index contributed by atoms with van der Waals surface area (Å²) in [6.07, 6.45) is 21.9. The number of rotatable bonds is 0. The van der Waals surface area contributed by atoms with Gasteiger partial charge < -0.3 is 22.0 Å². The lowest BCUT2D eigenvalue weighted by molar-refractivity contribution is 0.930. The van der Waals surface area contributed by atoms with Crippen LogP contribution < -0.4 is 0 Å². The van der Waals surface area contributed by atoms with Crippen LogP contribution >= 0.6 is 0 Å². The van der Waals surface area contributed by atoms with Gasteiger partial charge in [0.1, 0.15) is 5.65 Å². The summed E-state index contributed by atoms with van der Waals surface area (Å²) >= 11 is 0. The molecular formula is C86H158N10. The third-order valence-corrected chi connectivity index (χ3v) is 14.5. The number of fused-ring (bicyclic) bond motifs is 6. The smallest absolute Gasteiger partial charge is 0.137 e. The first-order valence-corrected chi connectivity index (χ1v) is 30.9. The average molecular weight is 1330 g/mol. The molecule has 0 fully saturated rings. The van der Waals surface area contributed by atoms with Crippen LogP contribution in [0.1, 0.15) is 273 Å². The Morgan fingerprint density at radius 1 is 0.312 bits per heavy atom. The van der Waals surface area contributed by atoms with E-state index < -0.39 is 0 Å². The second-order valence-corrected chi connectivity index (χ2v) is 19.6. The maximum absolute atomic E-state index is 4.29. The zero-order valence-corrected chi connectivity index (χ0v) is 58.0.